The minimum Gasteiger partial charge on any atom is -0.497 e. The van der Waals surface area contributed by atoms with E-state index >= 15 is 0 Å². The quantitative estimate of drug-likeness (QED) is 0.605. The van der Waals surface area contributed by atoms with Crippen molar-refractivity contribution in [3.05, 3.63) is 41.2 Å². The lowest BCUT2D eigenvalue weighted by atomic mass is 9.88. The fourth-order valence-electron chi connectivity index (χ4n) is 3.49. The van der Waals surface area contributed by atoms with Crippen LogP contribution in [0.1, 0.15) is 49.7 Å². The molecule has 1 aliphatic heterocycles. The summed E-state index contributed by atoms with van der Waals surface area (Å²) in [6, 6.07) is 8.42. The Morgan fingerprint density at radius 3 is 2.77 bits per heavy atom. The van der Waals surface area contributed by atoms with Gasteiger partial charge in [-0.1, -0.05) is 17.3 Å². The number of methoxy groups -OCH3 is 1. The van der Waals surface area contributed by atoms with Gasteiger partial charge in [-0.15, -0.1) is 5.10 Å². The van der Waals surface area contributed by atoms with Crippen molar-refractivity contribution in [2.24, 2.45) is 0 Å². The van der Waals surface area contributed by atoms with E-state index in [4.69, 9.17) is 14.2 Å². The molecule has 1 saturated heterocycles. The van der Waals surface area contributed by atoms with Gasteiger partial charge in [-0.3, -0.25) is 5.32 Å². The van der Waals surface area contributed by atoms with E-state index < -0.39 is 0 Å². The van der Waals surface area contributed by atoms with Crippen molar-refractivity contribution in [3.8, 4) is 5.75 Å². The molecular formula is C19H26N4O3. The minimum absolute atomic E-state index is 0.0318. The number of nitrogens with one attached hydrogen (secondary N) is 1. The Hall–Kier alpha value is -1.96. The number of aromatic nitrogens is 3. The summed E-state index contributed by atoms with van der Waals surface area (Å²) in [5.74, 6) is 0.850. The molecule has 7 nitrogen and oxygen atoms in total. The maximum atomic E-state index is 6.04. The molecule has 2 atom stereocenters. The standard InChI is InChI=1S/C19H26N4O3/c1-13(2)20-12-25-16-8-9-19(11-26-19)18-17(16)21-22-23(18)10-14-4-6-15(24-3)7-5-14/h4-7,13,16,20H,8-12H2,1-3H3. The zero-order chi connectivity index (χ0) is 18.1. The van der Waals surface area contributed by atoms with E-state index in [0.29, 0.717) is 19.3 Å². The Balaban J connectivity index is 1.55. The molecule has 1 spiro atoms. The largest absolute Gasteiger partial charge is 0.497 e. The molecule has 1 aliphatic carbocycles. The normalized spacial score (nSPS) is 24.1. The Bertz CT molecular complexity index is 753. The van der Waals surface area contributed by atoms with Crippen LogP contribution in [-0.2, 0) is 21.6 Å². The SMILES string of the molecule is COc1ccc(Cn2nnc3c2C2(CCC3OCNC(C)C)CO2)cc1. The Morgan fingerprint density at radius 1 is 1.35 bits per heavy atom. The number of fused-ring (bicyclic) bond motifs is 2. The molecule has 2 aliphatic rings. The number of ether oxygens (including phenoxy) is 3. The van der Waals surface area contributed by atoms with Gasteiger partial charge in [0.05, 0.1) is 32.7 Å². The molecule has 2 heterocycles. The van der Waals surface area contributed by atoms with Gasteiger partial charge in [-0.2, -0.15) is 0 Å². The highest BCUT2D eigenvalue weighted by Crippen LogP contribution is 2.50. The van der Waals surface area contributed by atoms with Gasteiger partial charge < -0.3 is 14.2 Å². The van der Waals surface area contributed by atoms with Crippen molar-refractivity contribution in [3.63, 3.8) is 0 Å². The topological polar surface area (TPSA) is 73.7 Å². The fourth-order valence-corrected chi connectivity index (χ4v) is 3.49. The smallest absolute Gasteiger partial charge is 0.135 e. The summed E-state index contributed by atoms with van der Waals surface area (Å²) in [7, 11) is 1.67. The van der Waals surface area contributed by atoms with Gasteiger partial charge in [0.2, 0.25) is 0 Å². The van der Waals surface area contributed by atoms with Crippen molar-refractivity contribution in [2.75, 3.05) is 20.4 Å². The van der Waals surface area contributed by atoms with Crippen molar-refractivity contribution < 1.29 is 14.2 Å². The van der Waals surface area contributed by atoms with Crippen LogP contribution in [0.5, 0.6) is 5.75 Å². The van der Waals surface area contributed by atoms with E-state index in [1.54, 1.807) is 7.11 Å². The highest BCUT2D eigenvalue weighted by molar-refractivity contribution is 5.31. The first-order valence-corrected chi connectivity index (χ1v) is 9.17. The molecule has 7 heteroatoms. The summed E-state index contributed by atoms with van der Waals surface area (Å²) < 4.78 is 19.1. The number of benzene rings is 1. The Morgan fingerprint density at radius 2 is 2.12 bits per heavy atom. The van der Waals surface area contributed by atoms with E-state index in [-0.39, 0.29) is 11.7 Å². The maximum Gasteiger partial charge on any atom is 0.135 e. The number of hydrogen-bond donors (Lipinski definition) is 1. The van der Waals surface area contributed by atoms with Crippen LogP contribution in [0.15, 0.2) is 24.3 Å². The molecule has 0 radical (unpaired) electrons. The summed E-state index contributed by atoms with van der Waals surface area (Å²) >= 11 is 0. The van der Waals surface area contributed by atoms with E-state index in [1.165, 1.54) is 0 Å². The van der Waals surface area contributed by atoms with E-state index in [1.807, 2.05) is 16.8 Å². The van der Waals surface area contributed by atoms with Crippen LogP contribution >= 0.6 is 0 Å². The zero-order valence-corrected chi connectivity index (χ0v) is 15.6. The first-order valence-electron chi connectivity index (χ1n) is 9.17. The molecule has 0 saturated carbocycles. The van der Waals surface area contributed by atoms with Crippen molar-refractivity contribution in [1.29, 1.82) is 0 Å². The Kier molecular flexibility index (Phi) is 4.69. The summed E-state index contributed by atoms with van der Waals surface area (Å²) in [4.78, 5) is 0. The van der Waals surface area contributed by atoms with Crippen LogP contribution in [0, 0.1) is 0 Å². The van der Waals surface area contributed by atoms with Crippen LogP contribution < -0.4 is 10.1 Å². The van der Waals surface area contributed by atoms with Crippen molar-refractivity contribution >= 4 is 0 Å². The second-order valence-corrected chi connectivity index (χ2v) is 7.31. The molecule has 1 aromatic carbocycles. The number of epoxide rings is 1. The summed E-state index contributed by atoms with van der Waals surface area (Å²) in [6.07, 6.45) is 1.83. The fraction of sp³-hybridized carbons (Fsp3) is 0.579. The molecule has 26 heavy (non-hydrogen) atoms. The van der Waals surface area contributed by atoms with E-state index in [0.717, 1.165) is 42.1 Å². The molecular weight excluding hydrogens is 332 g/mol. The van der Waals surface area contributed by atoms with Crippen molar-refractivity contribution in [1.82, 2.24) is 20.3 Å². The maximum absolute atomic E-state index is 6.04. The minimum atomic E-state index is -0.212. The van der Waals surface area contributed by atoms with Gasteiger partial charge in [-0.05, 0) is 44.4 Å². The number of nitrogens with zero attached hydrogens (tertiary/aromatic N) is 3. The van der Waals surface area contributed by atoms with Crippen LogP contribution in [0.25, 0.3) is 0 Å². The van der Waals surface area contributed by atoms with Crippen LogP contribution in [0.2, 0.25) is 0 Å². The predicted octanol–water partition coefficient (Wildman–Crippen LogP) is 2.37. The molecule has 0 bridgehead atoms. The molecule has 0 amide bonds. The second kappa shape index (κ2) is 6.98. The van der Waals surface area contributed by atoms with Gasteiger partial charge in [0.15, 0.2) is 0 Å². The molecule has 1 aromatic heterocycles. The third-order valence-electron chi connectivity index (χ3n) is 5.07. The van der Waals surface area contributed by atoms with E-state index in [9.17, 15) is 0 Å². The van der Waals surface area contributed by atoms with Crippen LogP contribution in [-0.4, -0.2) is 41.5 Å². The Labute approximate surface area is 153 Å². The summed E-state index contributed by atoms with van der Waals surface area (Å²) in [6.45, 7) is 6.13. The molecule has 2 unspecified atom stereocenters. The third-order valence-corrected chi connectivity index (χ3v) is 5.07. The highest BCUT2D eigenvalue weighted by atomic mass is 16.6. The first kappa shape index (κ1) is 17.5. The van der Waals surface area contributed by atoms with Crippen LogP contribution in [0.3, 0.4) is 0 Å². The van der Waals surface area contributed by atoms with Gasteiger partial charge in [0.25, 0.3) is 0 Å². The molecule has 4 rings (SSSR count). The van der Waals surface area contributed by atoms with Gasteiger partial charge in [0, 0.05) is 6.04 Å². The lowest BCUT2D eigenvalue weighted by Gasteiger charge is -2.27. The third kappa shape index (κ3) is 3.34. The highest BCUT2D eigenvalue weighted by Gasteiger charge is 2.54. The van der Waals surface area contributed by atoms with Gasteiger partial charge in [-0.25, -0.2) is 4.68 Å². The summed E-state index contributed by atoms with van der Waals surface area (Å²) in [5.41, 5.74) is 2.94. The lowest BCUT2D eigenvalue weighted by molar-refractivity contribution is 0.0131. The summed E-state index contributed by atoms with van der Waals surface area (Å²) in [5, 5.41) is 12.2. The second-order valence-electron chi connectivity index (χ2n) is 7.31. The molecule has 140 valence electrons. The molecule has 1 fully saturated rings. The lowest BCUT2D eigenvalue weighted by Crippen LogP contribution is -2.30. The van der Waals surface area contributed by atoms with Gasteiger partial charge in [0.1, 0.15) is 23.1 Å². The zero-order valence-electron chi connectivity index (χ0n) is 15.6. The number of hydrogen-bond acceptors (Lipinski definition) is 6. The first-order chi connectivity index (χ1) is 12.6. The average molecular weight is 358 g/mol. The predicted molar refractivity (Wildman–Crippen MR) is 95.9 cm³/mol. The van der Waals surface area contributed by atoms with Gasteiger partial charge >= 0.3 is 0 Å². The molecule has 1 N–H and O–H groups in total. The number of rotatable bonds is 7. The monoisotopic (exact) mass is 358 g/mol. The van der Waals surface area contributed by atoms with Crippen LogP contribution in [0.4, 0.5) is 0 Å². The van der Waals surface area contributed by atoms with E-state index in [2.05, 4.69) is 41.6 Å². The molecule has 2 aromatic rings. The average Bonchev–Trinajstić information content (AvgIpc) is 3.28. The van der Waals surface area contributed by atoms with Crippen molar-refractivity contribution in [2.45, 2.75) is 51.0 Å².